The Morgan fingerprint density at radius 3 is 2.83 bits per heavy atom. The average Bonchev–Trinajstić information content (AvgIpc) is 2.87. The second kappa shape index (κ2) is 4.30. The van der Waals surface area contributed by atoms with Crippen LogP contribution in [0.15, 0.2) is 27.8 Å². The number of fused-ring (bicyclic) bond motifs is 1. The summed E-state index contributed by atoms with van der Waals surface area (Å²) in [6.45, 7) is 1.34. The molecule has 0 saturated carbocycles. The molecule has 2 heterocycles. The normalized spacial score (nSPS) is 19.2. The molecule has 0 radical (unpaired) electrons. The van der Waals surface area contributed by atoms with E-state index in [1.165, 1.54) is 0 Å². The average molecular weight is 247 g/mol. The van der Waals surface area contributed by atoms with Crippen LogP contribution in [0.5, 0.6) is 0 Å². The van der Waals surface area contributed by atoms with Crippen LogP contribution in [0.1, 0.15) is 6.42 Å². The van der Waals surface area contributed by atoms with E-state index in [1.807, 2.05) is 0 Å². The van der Waals surface area contributed by atoms with Crippen molar-refractivity contribution in [1.29, 1.82) is 0 Å². The Morgan fingerprint density at radius 2 is 2.06 bits per heavy atom. The summed E-state index contributed by atoms with van der Waals surface area (Å²) in [6.07, 6.45) is 0.900. The van der Waals surface area contributed by atoms with Gasteiger partial charge < -0.3 is 10.1 Å². The van der Waals surface area contributed by atoms with Gasteiger partial charge in [-0.05, 0) is 18.6 Å². The van der Waals surface area contributed by atoms with Gasteiger partial charge in [0.05, 0.1) is 23.4 Å². The quantitative estimate of drug-likeness (QED) is 0.717. The summed E-state index contributed by atoms with van der Waals surface area (Å²) in [5.41, 5.74) is 0.0814. The van der Waals surface area contributed by atoms with Gasteiger partial charge in [0.1, 0.15) is 0 Å². The van der Waals surface area contributed by atoms with Crippen LogP contribution in [0, 0.1) is 0 Å². The van der Waals surface area contributed by atoms with Crippen molar-refractivity contribution in [2.45, 2.75) is 12.5 Å². The van der Waals surface area contributed by atoms with Crippen LogP contribution < -0.4 is 16.4 Å². The number of benzene rings is 1. The summed E-state index contributed by atoms with van der Waals surface area (Å²) in [4.78, 5) is 23.5. The highest BCUT2D eigenvalue weighted by Gasteiger charge is 2.17. The van der Waals surface area contributed by atoms with Gasteiger partial charge >= 0.3 is 0 Å². The third-order valence-corrected chi connectivity index (χ3v) is 3.12. The molecule has 0 bridgehead atoms. The van der Waals surface area contributed by atoms with E-state index in [-0.39, 0.29) is 17.2 Å². The number of H-pyrrole nitrogens is 2. The maximum Gasteiger partial charge on any atom is 0.272 e. The molecule has 1 aliphatic rings. The Balaban J connectivity index is 2.14. The lowest BCUT2D eigenvalue weighted by Crippen LogP contribution is -2.23. The molecule has 2 aromatic rings. The molecule has 18 heavy (non-hydrogen) atoms. The molecule has 1 aromatic heterocycles. The van der Waals surface area contributed by atoms with Gasteiger partial charge in [-0.2, -0.15) is 0 Å². The lowest BCUT2D eigenvalue weighted by molar-refractivity contribution is 0.195. The highest BCUT2D eigenvalue weighted by Crippen LogP contribution is 2.19. The zero-order valence-corrected chi connectivity index (χ0v) is 9.66. The van der Waals surface area contributed by atoms with Crippen LogP contribution in [0.4, 0.5) is 5.69 Å². The molecule has 1 fully saturated rings. The number of aromatic amines is 2. The van der Waals surface area contributed by atoms with Crippen LogP contribution in [0.3, 0.4) is 0 Å². The lowest BCUT2D eigenvalue weighted by Gasteiger charge is -2.13. The fraction of sp³-hybridized carbons (Fsp3) is 0.333. The van der Waals surface area contributed by atoms with Gasteiger partial charge in [-0.1, -0.05) is 6.07 Å². The third-order valence-electron chi connectivity index (χ3n) is 3.12. The van der Waals surface area contributed by atoms with E-state index >= 15 is 0 Å². The van der Waals surface area contributed by atoms with Crippen molar-refractivity contribution < 1.29 is 4.74 Å². The van der Waals surface area contributed by atoms with E-state index in [1.54, 1.807) is 18.2 Å². The van der Waals surface area contributed by atoms with Crippen LogP contribution >= 0.6 is 0 Å². The fourth-order valence-electron chi connectivity index (χ4n) is 2.22. The van der Waals surface area contributed by atoms with E-state index in [2.05, 4.69) is 15.5 Å². The van der Waals surface area contributed by atoms with Crippen LogP contribution in [-0.4, -0.2) is 29.5 Å². The molecule has 1 unspecified atom stereocenters. The third kappa shape index (κ3) is 1.80. The SMILES string of the molecule is O=c1[nH][nH]c(=O)c2c(NC3CCOC3)cccc12. The number of rotatable bonds is 2. The molecule has 3 N–H and O–H groups in total. The number of aromatic nitrogens is 2. The molecule has 1 aromatic carbocycles. The van der Waals surface area contributed by atoms with Crippen LogP contribution in [-0.2, 0) is 4.74 Å². The van der Waals surface area contributed by atoms with Gasteiger partial charge in [0.2, 0.25) is 0 Å². The molecular formula is C12H13N3O3. The topological polar surface area (TPSA) is 87.0 Å². The first-order chi connectivity index (χ1) is 8.75. The first-order valence-electron chi connectivity index (χ1n) is 5.83. The van der Waals surface area contributed by atoms with Crippen molar-refractivity contribution in [3.63, 3.8) is 0 Å². The van der Waals surface area contributed by atoms with Gasteiger partial charge in [0, 0.05) is 12.3 Å². The monoisotopic (exact) mass is 247 g/mol. The number of nitrogens with one attached hydrogen (secondary N) is 3. The smallest absolute Gasteiger partial charge is 0.272 e. The fourth-order valence-corrected chi connectivity index (χ4v) is 2.22. The van der Waals surface area contributed by atoms with Crippen LogP contribution in [0.25, 0.3) is 10.8 Å². The summed E-state index contributed by atoms with van der Waals surface area (Å²) >= 11 is 0. The predicted molar refractivity (Wildman–Crippen MR) is 68.0 cm³/mol. The Kier molecular flexibility index (Phi) is 2.64. The molecule has 0 aliphatic carbocycles. The van der Waals surface area contributed by atoms with Gasteiger partial charge in [-0.3, -0.25) is 19.8 Å². The van der Waals surface area contributed by atoms with E-state index in [9.17, 15) is 9.59 Å². The first kappa shape index (κ1) is 11.0. The largest absolute Gasteiger partial charge is 0.379 e. The van der Waals surface area contributed by atoms with Crippen molar-refractivity contribution in [2.75, 3.05) is 18.5 Å². The number of anilines is 1. The Morgan fingerprint density at radius 1 is 1.22 bits per heavy atom. The second-order valence-electron chi connectivity index (χ2n) is 4.34. The molecule has 0 amide bonds. The Hall–Kier alpha value is -2.08. The molecule has 0 spiro atoms. The van der Waals surface area contributed by atoms with Gasteiger partial charge in [-0.15, -0.1) is 0 Å². The minimum atomic E-state index is -0.299. The van der Waals surface area contributed by atoms with Gasteiger partial charge in [-0.25, -0.2) is 0 Å². The lowest BCUT2D eigenvalue weighted by atomic mass is 10.1. The zero-order chi connectivity index (χ0) is 12.5. The van der Waals surface area contributed by atoms with E-state index in [0.717, 1.165) is 13.0 Å². The molecular weight excluding hydrogens is 234 g/mol. The second-order valence-corrected chi connectivity index (χ2v) is 4.34. The summed E-state index contributed by atoms with van der Waals surface area (Å²) in [5.74, 6) is 0. The van der Waals surface area contributed by atoms with Crippen LogP contribution in [0.2, 0.25) is 0 Å². The summed E-state index contributed by atoms with van der Waals surface area (Å²) in [6, 6.07) is 5.39. The summed E-state index contributed by atoms with van der Waals surface area (Å²) in [5, 5.41) is 8.70. The zero-order valence-electron chi connectivity index (χ0n) is 9.66. The van der Waals surface area contributed by atoms with Crippen molar-refractivity contribution in [3.8, 4) is 0 Å². The maximum absolute atomic E-state index is 11.8. The Bertz CT molecular complexity index is 683. The highest BCUT2D eigenvalue weighted by atomic mass is 16.5. The summed E-state index contributed by atoms with van der Waals surface area (Å²) < 4.78 is 5.28. The van der Waals surface area contributed by atoms with Crippen molar-refractivity contribution in [2.24, 2.45) is 0 Å². The highest BCUT2D eigenvalue weighted by molar-refractivity contribution is 5.92. The minimum Gasteiger partial charge on any atom is -0.379 e. The van der Waals surface area contributed by atoms with Crippen molar-refractivity contribution in [3.05, 3.63) is 38.9 Å². The number of hydrogen-bond donors (Lipinski definition) is 3. The number of ether oxygens (including phenoxy) is 1. The minimum absolute atomic E-state index is 0.189. The van der Waals surface area contributed by atoms with Gasteiger partial charge in [0.15, 0.2) is 0 Å². The maximum atomic E-state index is 11.8. The molecule has 1 atom stereocenters. The molecule has 6 nitrogen and oxygen atoms in total. The van der Waals surface area contributed by atoms with E-state index < -0.39 is 0 Å². The van der Waals surface area contributed by atoms with E-state index in [0.29, 0.717) is 23.1 Å². The molecule has 6 heteroatoms. The number of hydrogen-bond acceptors (Lipinski definition) is 4. The summed E-state index contributed by atoms with van der Waals surface area (Å²) in [7, 11) is 0. The molecule has 94 valence electrons. The molecule has 3 rings (SSSR count). The van der Waals surface area contributed by atoms with Crippen molar-refractivity contribution >= 4 is 16.5 Å². The van der Waals surface area contributed by atoms with E-state index in [4.69, 9.17) is 4.74 Å². The van der Waals surface area contributed by atoms with Crippen molar-refractivity contribution in [1.82, 2.24) is 10.2 Å². The standard InChI is InChI=1S/C12H13N3O3/c16-11-8-2-1-3-9(10(8)12(17)15-14-11)13-7-4-5-18-6-7/h1-3,7,13H,4-6H2,(H,14,16)(H,15,17). The molecule has 1 saturated heterocycles. The first-order valence-corrected chi connectivity index (χ1v) is 5.83. The predicted octanol–water partition coefficient (Wildman–Crippen LogP) is 0.417. The Labute approximate surface area is 102 Å². The molecule has 1 aliphatic heterocycles. The van der Waals surface area contributed by atoms with Gasteiger partial charge in [0.25, 0.3) is 11.1 Å².